The van der Waals surface area contributed by atoms with Crippen molar-refractivity contribution in [1.82, 2.24) is 15.2 Å². The maximum absolute atomic E-state index is 11.6. The highest BCUT2D eigenvalue weighted by Crippen LogP contribution is 2.01. The van der Waals surface area contributed by atoms with E-state index in [1.54, 1.807) is 24.5 Å². The summed E-state index contributed by atoms with van der Waals surface area (Å²) >= 11 is 0. The Bertz CT molecular complexity index is 410. The van der Waals surface area contributed by atoms with Crippen LogP contribution in [0, 0.1) is 0 Å². The van der Waals surface area contributed by atoms with E-state index in [-0.39, 0.29) is 0 Å². The second-order valence-corrected chi connectivity index (χ2v) is 3.73. The average Bonchev–Trinajstić information content (AvgIpc) is 2.36. The first-order valence-corrected chi connectivity index (χ1v) is 5.28. The van der Waals surface area contributed by atoms with Crippen molar-refractivity contribution in [2.75, 3.05) is 13.7 Å². The summed E-state index contributed by atoms with van der Waals surface area (Å²) in [4.78, 5) is 27.5. The molecule has 7 nitrogen and oxygen atoms in total. The zero-order valence-electron chi connectivity index (χ0n) is 9.91. The van der Waals surface area contributed by atoms with Gasteiger partial charge < -0.3 is 20.4 Å². The number of pyridine rings is 1. The Morgan fingerprint density at radius 2 is 2.06 bits per heavy atom. The second-order valence-electron chi connectivity index (χ2n) is 3.73. The maximum Gasteiger partial charge on any atom is 0.328 e. The first-order chi connectivity index (χ1) is 8.54. The second kappa shape index (κ2) is 6.55. The number of aliphatic hydroxyl groups excluding tert-OH is 1. The molecule has 2 amide bonds. The predicted molar refractivity (Wildman–Crippen MR) is 62.7 cm³/mol. The van der Waals surface area contributed by atoms with E-state index in [2.05, 4.69) is 10.3 Å². The number of nitrogens with one attached hydrogen (secondary N) is 1. The number of rotatable bonds is 5. The fraction of sp³-hybridized carbons (Fsp3) is 0.364. The molecule has 98 valence electrons. The minimum Gasteiger partial charge on any atom is -0.480 e. The fourth-order valence-corrected chi connectivity index (χ4v) is 1.28. The van der Waals surface area contributed by atoms with Gasteiger partial charge in [-0.25, -0.2) is 9.59 Å². The Labute approximate surface area is 104 Å². The summed E-state index contributed by atoms with van der Waals surface area (Å²) in [5.41, 5.74) is 0.874. The molecule has 1 aromatic rings. The van der Waals surface area contributed by atoms with Gasteiger partial charge in [0.1, 0.15) is 0 Å². The Kier molecular flexibility index (Phi) is 5.06. The van der Waals surface area contributed by atoms with Crippen LogP contribution in [0.1, 0.15) is 5.56 Å². The average molecular weight is 253 g/mol. The number of aliphatic carboxylic acids is 1. The van der Waals surface area contributed by atoms with E-state index in [1.807, 2.05) is 0 Å². The number of hydrogen-bond acceptors (Lipinski definition) is 4. The first kappa shape index (κ1) is 13.9. The molecule has 3 N–H and O–H groups in total. The Balaban J connectivity index is 2.54. The summed E-state index contributed by atoms with van der Waals surface area (Å²) in [6, 6.07) is 1.65. The normalized spacial score (nSPS) is 11.7. The van der Waals surface area contributed by atoms with E-state index in [4.69, 9.17) is 10.2 Å². The molecular weight excluding hydrogens is 238 g/mol. The smallest absolute Gasteiger partial charge is 0.328 e. The van der Waals surface area contributed by atoms with Crippen molar-refractivity contribution in [2.24, 2.45) is 0 Å². The molecule has 1 atom stereocenters. The molecule has 0 saturated carbocycles. The quantitative estimate of drug-likeness (QED) is 0.666. The molecule has 0 saturated heterocycles. The first-order valence-electron chi connectivity index (χ1n) is 5.28. The standard InChI is InChI=1S/C11H15N3O4/c1-14(6-8-2-4-12-5-3-8)11(18)13-9(7-15)10(16)17/h2-5,9,15H,6-7H2,1H3,(H,13,18)(H,16,17). The number of carbonyl (C=O) groups excluding carboxylic acids is 1. The van der Waals surface area contributed by atoms with Crippen molar-refractivity contribution in [1.29, 1.82) is 0 Å². The number of amides is 2. The number of aromatic nitrogens is 1. The molecule has 0 aliphatic heterocycles. The Hall–Kier alpha value is -2.15. The molecule has 1 unspecified atom stereocenters. The highest BCUT2D eigenvalue weighted by Gasteiger charge is 2.20. The highest BCUT2D eigenvalue weighted by atomic mass is 16.4. The number of urea groups is 1. The van der Waals surface area contributed by atoms with Gasteiger partial charge in [0.15, 0.2) is 6.04 Å². The molecule has 1 rings (SSSR count). The van der Waals surface area contributed by atoms with Gasteiger partial charge in [-0.2, -0.15) is 0 Å². The van der Waals surface area contributed by atoms with E-state index in [0.717, 1.165) is 5.56 Å². The summed E-state index contributed by atoms with van der Waals surface area (Å²) in [5.74, 6) is -1.27. The number of carboxylic acid groups (broad SMARTS) is 1. The van der Waals surface area contributed by atoms with Crippen molar-refractivity contribution >= 4 is 12.0 Å². The summed E-state index contributed by atoms with van der Waals surface area (Å²) < 4.78 is 0. The van der Waals surface area contributed by atoms with Gasteiger partial charge in [-0.15, -0.1) is 0 Å². The number of carboxylic acids is 1. The van der Waals surface area contributed by atoms with E-state index < -0.39 is 24.6 Å². The lowest BCUT2D eigenvalue weighted by Crippen LogP contribution is -2.48. The molecule has 0 radical (unpaired) electrons. The van der Waals surface area contributed by atoms with Crippen molar-refractivity contribution in [3.63, 3.8) is 0 Å². The molecule has 0 bridgehead atoms. The van der Waals surface area contributed by atoms with Crippen LogP contribution in [0.4, 0.5) is 4.79 Å². The number of carbonyl (C=O) groups is 2. The molecule has 0 fully saturated rings. The van der Waals surface area contributed by atoms with Gasteiger partial charge in [-0.3, -0.25) is 4.98 Å². The molecule has 18 heavy (non-hydrogen) atoms. The number of nitrogens with zero attached hydrogens (tertiary/aromatic N) is 2. The van der Waals surface area contributed by atoms with Crippen molar-refractivity contribution < 1.29 is 19.8 Å². The summed E-state index contributed by atoms with van der Waals surface area (Å²) in [6.07, 6.45) is 3.21. The highest BCUT2D eigenvalue weighted by molar-refractivity contribution is 5.82. The maximum atomic E-state index is 11.6. The molecule has 1 heterocycles. The van der Waals surface area contributed by atoms with Crippen molar-refractivity contribution in [2.45, 2.75) is 12.6 Å². The van der Waals surface area contributed by atoms with Gasteiger partial charge in [0.25, 0.3) is 0 Å². The van der Waals surface area contributed by atoms with E-state index in [0.29, 0.717) is 6.54 Å². The van der Waals surface area contributed by atoms with Crippen LogP contribution in [-0.4, -0.2) is 51.8 Å². The van der Waals surface area contributed by atoms with Crippen LogP contribution in [0.3, 0.4) is 0 Å². The molecule has 0 aliphatic rings. The van der Waals surface area contributed by atoms with Crippen LogP contribution < -0.4 is 5.32 Å². The molecule has 0 spiro atoms. The summed E-state index contributed by atoms with van der Waals surface area (Å²) in [7, 11) is 1.53. The Morgan fingerprint density at radius 3 is 2.56 bits per heavy atom. The lowest BCUT2D eigenvalue weighted by atomic mass is 10.2. The number of hydrogen-bond donors (Lipinski definition) is 3. The third-order valence-corrected chi connectivity index (χ3v) is 2.29. The fourth-order valence-electron chi connectivity index (χ4n) is 1.28. The molecular formula is C11H15N3O4. The van der Waals surface area contributed by atoms with E-state index in [1.165, 1.54) is 11.9 Å². The van der Waals surface area contributed by atoms with Gasteiger partial charge in [-0.1, -0.05) is 0 Å². The predicted octanol–water partition coefficient (Wildman–Crippen LogP) is -0.332. The lowest BCUT2D eigenvalue weighted by Gasteiger charge is -2.20. The molecule has 0 aliphatic carbocycles. The zero-order chi connectivity index (χ0) is 13.5. The van der Waals surface area contributed by atoms with Gasteiger partial charge in [0, 0.05) is 26.0 Å². The van der Waals surface area contributed by atoms with Crippen LogP contribution in [0.15, 0.2) is 24.5 Å². The summed E-state index contributed by atoms with van der Waals surface area (Å²) in [5, 5.41) is 19.7. The van der Waals surface area contributed by atoms with Crippen LogP contribution in [-0.2, 0) is 11.3 Å². The SMILES string of the molecule is CN(Cc1ccncc1)C(=O)NC(CO)C(=O)O. The zero-order valence-corrected chi connectivity index (χ0v) is 9.91. The third kappa shape index (κ3) is 4.02. The lowest BCUT2D eigenvalue weighted by molar-refractivity contribution is -0.140. The Morgan fingerprint density at radius 1 is 1.44 bits per heavy atom. The molecule has 1 aromatic heterocycles. The summed E-state index contributed by atoms with van der Waals surface area (Å²) in [6.45, 7) is -0.323. The van der Waals surface area contributed by atoms with E-state index in [9.17, 15) is 9.59 Å². The van der Waals surface area contributed by atoms with Crippen LogP contribution in [0.2, 0.25) is 0 Å². The van der Waals surface area contributed by atoms with Gasteiger partial charge in [0.05, 0.1) is 6.61 Å². The van der Waals surface area contributed by atoms with Crippen molar-refractivity contribution in [3.8, 4) is 0 Å². The molecule has 7 heteroatoms. The third-order valence-electron chi connectivity index (χ3n) is 2.29. The van der Waals surface area contributed by atoms with Crippen LogP contribution in [0.5, 0.6) is 0 Å². The van der Waals surface area contributed by atoms with Crippen LogP contribution in [0.25, 0.3) is 0 Å². The minimum atomic E-state index is -1.29. The number of aliphatic hydroxyl groups is 1. The largest absolute Gasteiger partial charge is 0.480 e. The topological polar surface area (TPSA) is 103 Å². The van der Waals surface area contributed by atoms with Crippen LogP contribution >= 0.6 is 0 Å². The van der Waals surface area contributed by atoms with Gasteiger partial charge >= 0.3 is 12.0 Å². The van der Waals surface area contributed by atoms with Gasteiger partial charge in [0.2, 0.25) is 0 Å². The monoisotopic (exact) mass is 253 g/mol. The van der Waals surface area contributed by atoms with Crippen molar-refractivity contribution in [3.05, 3.63) is 30.1 Å². The minimum absolute atomic E-state index is 0.326. The van der Waals surface area contributed by atoms with Gasteiger partial charge in [-0.05, 0) is 17.7 Å². The van der Waals surface area contributed by atoms with E-state index >= 15 is 0 Å². The molecule has 0 aromatic carbocycles.